The molecular formula is C17H18N2O2. The standard InChI is InChI=1S/C17H18N2O2/c1-12-6-13(8-18-7-12)9-19-10-14-4-2-3-5-15(14)16(11-19)17(20)21/h2-8,16H,9-11H2,1H3,(H,20,21). The van der Waals surface area contributed by atoms with Gasteiger partial charge in [-0.25, -0.2) is 0 Å². The fourth-order valence-corrected chi connectivity index (χ4v) is 2.97. The van der Waals surface area contributed by atoms with Crippen molar-refractivity contribution in [2.45, 2.75) is 25.9 Å². The average molecular weight is 282 g/mol. The molecule has 0 amide bonds. The smallest absolute Gasteiger partial charge is 0.312 e. The van der Waals surface area contributed by atoms with Crippen LogP contribution in [0.1, 0.15) is 28.2 Å². The normalized spacial score (nSPS) is 18.2. The molecule has 1 aliphatic rings. The van der Waals surface area contributed by atoms with E-state index in [0.717, 1.165) is 35.3 Å². The lowest BCUT2D eigenvalue weighted by atomic mass is 9.89. The van der Waals surface area contributed by atoms with Crippen LogP contribution in [-0.2, 0) is 17.9 Å². The van der Waals surface area contributed by atoms with Gasteiger partial charge in [-0.15, -0.1) is 0 Å². The Morgan fingerprint density at radius 1 is 1.38 bits per heavy atom. The summed E-state index contributed by atoms with van der Waals surface area (Å²) in [6.45, 7) is 4.07. The Labute approximate surface area is 124 Å². The molecule has 0 aliphatic carbocycles. The van der Waals surface area contributed by atoms with E-state index in [2.05, 4.69) is 16.0 Å². The van der Waals surface area contributed by atoms with Crippen LogP contribution in [0.2, 0.25) is 0 Å². The van der Waals surface area contributed by atoms with Crippen LogP contribution in [0, 0.1) is 6.92 Å². The van der Waals surface area contributed by atoms with Crippen LogP contribution in [0.5, 0.6) is 0 Å². The zero-order valence-electron chi connectivity index (χ0n) is 12.0. The molecule has 0 fully saturated rings. The largest absolute Gasteiger partial charge is 0.481 e. The second kappa shape index (κ2) is 5.66. The van der Waals surface area contributed by atoms with E-state index in [1.165, 1.54) is 0 Å². The number of aromatic nitrogens is 1. The van der Waals surface area contributed by atoms with Crippen molar-refractivity contribution in [1.29, 1.82) is 0 Å². The summed E-state index contributed by atoms with van der Waals surface area (Å²) in [6, 6.07) is 9.93. The monoisotopic (exact) mass is 282 g/mol. The molecule has 1 N–H and O–H groups in total. The van der Waals surface area contributed by atoms with Gasteiger partial charge in [0.1, 0.15) is 0 Å². The summed E-state index contributed by atoms with van der Waals surface area (Å²) in [7, 11) is 0. The average Bonchev–Trinajstić information content (AvgIpc) is 2.46. The number of rotatable bonds is 3. The number of aliphatic carboxylic acids is 1. The zero-order valence-corrected chi connectivity index (χ0v) is 12.0. The van der Waals surface area contributed by atoms with E-state index < -0.39 is 11.9 Å². The lowest BCUT2D eigenvalue weighted by Crippen LogP contribution is -2.36. The second-order valence-electron chi connectivity index (χ2n) is 5.63. The first kappa shape index (κ1) is 13.8. The molecule has 2 aromatic rings. The maximum atomic E-state index is 11.5. The van der Waals surface area contributed by atoms with Gasteiger partial charge in [0, 0.05) is 32.0 Å². The first-order valence-corrected chi connectivity index (χ1v) is 7.07. The Morgan fingerprint density at radius 3 is 2.95 bits per heavy atom. The van der Waals surface area contributed by atoms with Crippen LogP contribution < -0.4 is 0 Å². The van der Waals surface area contributed by atoms with Gasteiger partial charge >= 0.3 is 5.97 Å². The van der Waals surface area contributed by atoms with Gasteiger partial charge < -0.3 is 5.11 Å². The number of fused-ring (bicyclic) bond motifs is 1. The van der Waals surface area contributed by atoms with E-state index in [4.69, 9.17) is 0 Å². The first-order valence-electron chi connectivity index (χ1n) is 7.07. The molecule has 3 rings (SSSR count). The van der Waals surface area contributed by atoms with Crippen LogP contribution in [0.4, 0.5) is 0 Å². The SMILES string of the molecule is Cc1cncc(CN2Cc3ccccc3C(C(=O)O)C2)c1. The zero-order chi connectivity index (χ0) is 14.8. The highest BCUT2D eigenvalue weighted by atomic mass is 16.4. The minimum absolute atomic E-state index is 0.451. The maximum absolute atomic E-state index is 11.5. The van der Waals surface area contributed by atoms with Crippen LogP contribution in [0.3, 0.4) is 0 Å². The highest BCUT2D eigenvalue weighted by molar-refractivity contribution is 5.77. The van der Waals surface area contributed by atoms with Crippen LogP contribution in [0.15, 0.2) is 42.7 Å². The molecule has 0 radical (unpaired) electrons. The molecule has 1 aromatic carbocycles. The number of benzene rings is 1. The van der Waals surface area contributed by atoms with Gasteiger partial charge in [-0.1, -0.05) is 30.3 Å². The van der Waals surface area contributed by atoms with E-state index in [1.807, 2.05) is 43.6 Å². The lowest BCUT2D eigenvalue weighted by Gasteiger charge is -2.32. The minimum atomic E-state index is -0.755. The molecule has 4 nitrogen and oxygen atoms in total. The van der Waals surface area contributed by atoms with Crippen molar-refractivity contribution in [1.82, 2.24) is 9.88 Å². The summed E-state index contributed by atoms with van der Waals surface area (Å²) >= 11 is 0. The Morgan fingerprint density at radius 2 is 2.19 bits per heavy atom. The number of hydrogen-bond acceptors (Lipinski definition) is 3. The number of hydrogen-bond donors (Lipinski definition) is 1. The molecule has 2 heterocycles. The molecule has 1 atom stereocenters. The van der Waals surface area contributed by atoms with Crippen molar-refractivity contribution < 1.29 is 9.90 Å². The molecule has 1 unspecified atom stereocenters. The van der Waals surface area contributed by atoms with E-state index in [-0.39, 0.29) is 0 Å². The number of carboxylic acids is 1. The van der Waals surface area contributed by atoms with Gasteiger partial charge in [0.05, 0.1) is 5.92 Å². The Bertz CT molecular complexity index is 669. The maximum Gasteiger partial charge on any atom is 0.312 e. The third kappa shape index (κ3) is 2.95. The van der Waals surface area contributed by atoms with E-state index >= 15 is 0 Å². The van der Waals surface area contributed by atoms with Crippen molar-refractivity contribution >= 4 is 5.97 Å². The van der Waals surface area contributed by atoms with Crippen molar-refractivity contribution in [3.05, 3.63) is 65.0 Å². The number of carbonyl (C=O) groups is 1. The summed E-state index contributed by atoms with van der Waals surface area (Å²) in [5.74, 6) is -1.21. The quantitative estimate of drug-likeness (QED) is 0.940. The van der Waals surface area contributed by atoms with E-state index in [0.29, 0.717) is 6.54 Å². The van der Waals surface area contributed by atoms with Crippen molar-refractivity contribution in [3.8, 4) is 0 Å². The fraction of sp³-hybridized carbons (Fsp3) is 0.294. The molecule has 0 saturated carbocycles. The summed E-state index contributed by atoms with van der Waals surface area (Å²) in [5, 5.41) is 9.47. The summed E-state index contributed by atoms with van der Waals surface area (Å²) in [6.07, 6.45) is 3.68. The Balaban J connectivity index is 1.85. The van der Waals surface area contributed by atoms with Crippen LogP contribution >= 0.6 is 0 Å². The van der Waals surface area contributed by atoms with Gasteiger partial charge in [0.15, 0.2) is 0 Å². The third-order valence-corrected chi connectivity index (χ3v) is 3.90. The highest BCUT2D eigenvalue weighted by Crippen LogP contribution is 2.29. The Kier molecular flexibility index (Phi) is 3.71. The fourth-order valence-electron chi connectivity index (χ4n) is 2.97. The Hall–Kier alpha value is -2.20. The van der Waals surface area contributed by atoms with Gasteiger partial charge in [-0.2, -0.15) is 0 Å². The van der Waals surface area contributed by atoms with Crippen molar-refractivity contribution in [3.63, 3.8) is 0 Å². The molecule has 4 heteroatoms. The lowest BCUT2D eigenvalue weighted by molar-refractivity contribution is -0.139. The molecular weight excluding hydrogens is 264 g/mol. The predicted molar refractivity (Wildman–Crippen MR) is 79.9 cm³/mol. The van der Waals surface area contributed by atoms with Crippen molar-refractivity contribution in [2.24, 2.45) is 0 Å². The molecule has 0 spiro atoms. The third-order valence-electron chi connectivity index (χ3n) is 3.90. The number of aryl methyl sites for hydroxylation is 1. The molecule has 108 valence electrons. The van der Waals surface area contributed by atoms with Crippen LogP contribution in [0.25, 0.3) is 0 Å². The molecule has 1 aliphatic heterocycles. The highest BCUT2D eigenvalue weighted by Gasteiger charge is 2.29. The van der Waals surface area contributed by atoms with E-state index in [9.17, 15) is 9.90 Å². The topological polar surface area (TPSA) is 53.4 Å². The summed E-state index contributed by atoms with van der Waals surface area (Å²) in [4.78, 5) is 17.9. The van der Waals surface area contributed by atoms with Crippen molar-refractivity contribution in [2.75, 3.05) is 6.54 Å². The molecule has 0 bridgehead atoms. The van der Waals surface area contributed by atoms with Crippen LogP contribution in [-0.4, -0.2) is 27.5 Å². The predicted octanol–water partition coefficient (Wildman–Crippen LogP) is 2.57. The van der Waals surface area contributed by atoms with E-state index in [1.54, 1.807) is 0 Å². The number of carboxylic acid groups (broad SMARTS) is 1. The second-order valence-corrected chi connectivity index (χ2v) is 5.63. The van der Waals surface area contributed by atoms with Gasteiger partial charge in [0.25, 0.3) is 0 Å². The molecule has 1 aromatic heterocycles. The van der Waals surface area contributed by atoms with Gasteiger partial charge in [-0.3, -0.25) is 14.7 Å². The summed E-state index contributed by atoms with van der Waals surface area (Å²) < 4.78 is 0. The van der Waals surface area contributed by atoms with Gasteiger partial charge in [0.2, 0.25) is 0 Å². The molecule has 21 heavy (non-hydrogen) atoms. The number of pyridine rings is 1. The first-order chi connectivity index (χ1) is 10.1. The number of nitrogens with zero attached hydrogens (tertiary/aromatic N) is 2. The van der Waals surface area contributed by atoms with Gasteiger partial charge in [-0.05, 0) is 29.2 Å². The summed E-state index contributed by atoms with van der Waals surface area (Å²) in [5.41, 5.74) is 4.30. The molecule has 0 saturated heterocycles. The minimum Gasteiger partial charge on any atom is -0.481 e.